The van der Waals surface area contributed by atoms with Crippen molar-refractivity contribution in [1.82, 2.24) is 4.90 Å². The second-order valence-electron chi connectivity index (χ2n) is 10.2. The van der Waals surface area contributed by atoms with Gasteiger partial charge in [0.2, 0.25) is 0 Å². The summed E-state index contributed by atoms with van der Waals surface area (Å²) in [5.74, 6) is -3.35. The highest BCUT2D eigenvalue weighted by atomic mass is 19.2. The van der Waals surface area contributed by atoms with Crippen molar-refractivity contribution < 1.29 is 27.8 Å². The minimum atomic E-state index is -1.43. The number of nitrogens with zero attached hydrogens (tertiary/aromatic N) is 1. The van der Waals surface area contributed by atoms with Gasteiger partial charge in [0.25, 0.3) is 0 Å². The van der Waals surface area contributed by atoms with Crippen LogP contribution in [0.4, 0.5) is 18.0 Å². The third kappa shape index (κ3) is 3.77. The highest BCUT2D eigenvalue weighted by molar-refractivity contribution is 5.79. The number of halogens is 3. The Bertz CT molecular complexity index is 1280. The van der Waals surface area contributed by atoms with Crippen molar-refractivity contribution >= 4 is 6.09 Å². The average molecular weight is 494 g/mol. The Kier molecular flexibility index (Phi) is 5.56. The SMILES string of the molecule is O=C(OCC1c2ccccc2-c2ccccc21)N1C2CCC1CC(O)(Cc1c(F)ccc(F)c1F)C2. The number of fused-ring (bicyclic) bond motifs is 5. The first kappa shape index (κ1) is 23.1. The standard InChI is InChI=1S/C29H26F3NO3/c30-25-11-12-26(31)27(32)23(25)15-29(35)13-17-9-10-18(14-29)33(17)28(34)36-16-24-21-7-3-1-5-19(21)20-6-2-4-8-22(20)24/h1-8,11-12,17-18,24,35H,9-10,13-16H2. The van der Waals surface area contributed by atoms with Crippen LogP contribution in [0.1, 0.15) is 48.3 Å². The Morgan fingerprint density at radius 2 is 1.44 bits per heavy atom. The Balaban J connectivity index is 1.16. The van der Waals surface area contributed by atoms with Gasteiger partial charge in [-0.25, -0.2) is 18.0 Å². The van der Waals surface area contributed by atoms with E-state index < -0.39 is 34.7 Å². The summed E-state index contributed by atoms with van der Waals surface area (Å²) in [5.41, 5.74) is 2.67. The smallest absolute Gasteiger partial charge is 0.410 e. The van der Waals surface area contributed by atoms with E-state index in [-0.39, 0.29) is 43.9 Å². The van der Waals surface area contributed by atoms with Gasteiger partial charge in [-0.1, -0.05) is 48.5 Å². The number of rotatable bonds is 4. The van der Waals surface area contributed by atoms with Crippen LogP contribution in [-0.4, -0.2) is 40.4 Å². The molecule has 4 nitrogen and oxygen atoms in total. The molecule has 1 N–H and O–H groups in total. The number of ether oxygens (including phenoxy) is 1. The van der Waals surface area contributed by atoms with Crippen molar-refractivity contribution in [1.29, 1.82) is 0 Å². The Hall–Kier alpha value is -3.32. The molecule has 2 bridgehead atoms. The van der Waals surface area contributed by atoms with Crippen LogP contribution in [0.3, 0.4) is 0 Å². The van der Waals surface area contributed by atoms with E-state index in [1.807, 2.05) is 24.3 Å². The summed E-state index contributed by atoms with van der Waals surface area (Å²) in [5, 5.41) is 11.2. The average Bonchev–Trinajstić information content (AvgIpc) is 3.35. The van der Waals surface area contributed by atoms with Crippen molar-refractivity contribution in [2.75, 3.05) is 6.61 Å². The van der Waals surface area contributed by atoms with Crippen LogP contribution in [0.15, 0.2) is 60.7 Å². The van der Waals surface area contributed by atoms with Crippen molar-refractivity contribution in [3.63, 3.8) is 0 Å². The molecule has 0 aromatic heterocycles. The minimum Gasteiger partial charge on any atom is -0.448 e. The van der Waals surface area contributed by atoms with Gasteiger partial charge in [0.15, 0.2) is 11.6 Å². The quantitative estimate of drug-likeness (QED) is 0.457. The maximum atomic E-state index is 14.3. The molecule has 3 aromatic rings. The van der Waals surface area contributed by atoms with E-state index in [0.717, 1.165) is 34.4 Å². The van der Waals surface area contributed by atoms with E-state index in [0.29, 0.717) is 12.8 Å². The van der Waals surface area contributed by atoms with Crippen LogP contribution in [0.5, 0.6) is 0 Å². The molecule has 0 radical (unpaired) electrons. The first-order valence-electron chi connectivity index (χ1n) is 12.3. The predicted octanol–water partition coefficient (Wildman–Crippen LogP) is 5.95. The predicted molar refractivity (Wildman–Crippen MR) is 128 cm³/mol. The Labute approximate surface area is 207 Å². The van der Waals surface area contributed by atoms with E-state index in [1.165, 1.54) is 0 Å². The number of amides is 1. The zero-order valence-electron chi connectivity index (χ0n) is 19.6. The summed E-state index contributed by atoms with van der Waals surface area (Å²) in [7, 11) is 0. The third-order valence-electron chi connectivity index (χ3n) is 8.04. The van der Waals surface area contributed by atoms with E-state index in [9.17, 15) is 23.1 Å². The van der Waals surface area contributed by atoms with Gasteiger partial charge in [0.1, 0.15) is 12.4 Å². The molecule has 2 saturated heterocycles. The lowest BCUT2D eigenvalue weighted by Crippen LogP contribution is -2.54. The summed E-state index contributed by atoms with van der Waals surface area (Å²) in [6, 6.07) is 17.2. The van der Waals surface area contributed by atoms with Crippen molar-refractivity contribution in [3.8, 4) is 11.1 Å². The molecular formula is C29H26F3NO3. The lowest BCUT2D eigenvalue weighted by Gasteiger charge is -2.43. The fraction of sp³-hybridized carbons (Fsp3) is 0.345. The highest BCUT2D eigenvalue weighted by Crippen LogP contribution is 2.46. The number of benzene rings is 3. The lowest BCUT2D eigenvalue weighted by atomic mass is 9.81. The van der Waals surface area contributed by atoms with Crippen molar-refractivity contribution in [2.24, 2.45) is 0 Å². The molecule has 2 fully saturated rings. The van der Waals surface area contributed by atoms with Crippen LogP contribution in [0.2, 0.25) is 0 Å². The second-order valence-corrected chi connectivity index (χ2v) is 10.2. The zero-order chi connectivity index (χ0) is 25.0. The molecule has 1 aliphatic carbocycles. The fourth-order valence-corrected chi connectivity index (χ4v) is 6.49. The van der Waals surface area contributed by atoms with Gasteiger partial charge in [-0.3, -0.25) is 0 Å². The van der Waals surface area contributed by atoms with Gasteiger partial charge in [-0.15, -0.1) is 0 Å². The fourth-order valence-electron chi connectivity index (χ4n) is 6.49. The number of carbonyl (C=O) groups excluding carboxylic acids is 1. The molecule has 6 rings (SSSR count). The maximum Gasteiger partial charge on any atom is 0.410 e. The van der Waals surface area contributed by atoms with Crippen LogP contribution in [-0.2, 0) is 11.2 Å². The van der Waals surface area contributed by atoms with Gasteiger partial charge in [-0.2, -0.15) is 0 Å². The molecule has 2 unspecified atom stereocenters. The molecule has 186 valence electrons. The molecule has 0 saturated carbocycles. The normalized spacial score (nSPS) is 24.5. The Morgan fingerprint density at radius 1 is 0.889 bits per heavy atom. The van der Waals surface area contributed by atoms with Gasteiger partial charge in [0.05, 0.1) is 5.60 Å². The molecule has 36 heavy (non-hydrogen) atoms. The van der Waals surface area contributed by atoms with Crippen molar-refractivity contribution in [2.45, 2.75) is 55.7 Å². The molecule has 2 aliphatic heterocycles. The van der Waals surface area contributed by atoms with Gasteiger partial charge >= 0.3 is 6.09 Å². The zero-order valence-corrected chi connectivity index (χ0v) is 19.6. The van der Waals surface area contributed by atoms with Crippen LogP contribution in [0, 0.1) is 17.5 Å². The molecule has 3 aliphatic rings. The number of carbonyl (C=O) groups is 1. The number of piperidine rings is 1. The summed E-state index contributed by atoms with van der Waals surface area (Å²) >= 11 is 0. The second kappa shape index (κ2) is 8.66. The highest BCUT2D eigenvalue weighted by Gasteiger charge is 2.50. The number of hydrogen-bond acceptors (Lipinski definition) is 3. The van der Waals surface area contributed by atoms with Gasteiger partial charge in [0, 0.05) is 30.0 Å². The van der Waals surface area contributed by atoms with Crippen LogP contribution >= 0.6 is 0 Å². The molecule has 2 atom stereocenters. The molecule has 1 amide bonds. The molecule has 3 aromatic carbocycles. The monoisotopic (exact) mass is 493 g/mol. The lowest BCUT2D eigenvalue weighted by molar-refractivity contribution is -0.0489. The first-order chi connectivity index (χ1) is 17.3. The molecule has 0 spiro atoms. The van der Waals surface area contributed by atoms with E-state index in [1.54, 1.807) is 4.90 Å². The van der Waals surface area contributed by atoms with E-state index in [4.69, 9.17) is 4.74 Å². The van der Waals surface area contributed by atoms with Crippen LogP contribution < -0.4 is 0 Å². The van der Waals surface area contributed by atoms with E-state index >= 15 is 0 Å². The molecule has 2 heterocycles. The summed E-state index contributed by atoms with van der Waals surface area (Å²) < 4.78 is 48.0. The number of hydrogen-bond donors (Lipinski definition) is 1. The van der Waals surface area contributed by atoms with E-state index in [2.05, 4.69) is 24.3 Å². The summed E-state index contributed by atoms with van der Waals surface area (Å²) in [6.45, 7) is 0.201. The maximum absolute atomic E-state index is 14.3. The minimum absolute atomic E-state index is 0.0559. The van der Waals surface area contributed by atoms with Crippen molar-refractivity contribution in [3.05, 3.63) is 94.8 Å². The van der Waals surface area contributed by atoms with Gasteiger partial charge < -0.3 is 14.7 Å². The summed E-state index contributed by atoms with van der Waals surface area (Å²) in [4.78, 5) is 14.9. The Morgan fingerprint density at radius 3 is 2.06 bits per heavy atom. The van der Waals surface area contributed by atoms with Gasteiger partial charge in [-0.05, 0) is 60.1 Å². The summed E-state index contributed by atoms with van der Waals surface area (Å²) in [6.07, 6.45) is 0.881. The number of aliphatic hydroxyl groups is 1. The largest absolute Gasteiger partial charge is 0.448 e. The molecule has 7 heteroatoms. The third-order valence-corrected chi connectivity index (χ3v) is 8.04. The topological polar surface area (TPSA) is 49.8 Å². The van der Waals surface area contributed by atoms with Crippen LogP contribution in [0.25, 0.3) is 11.1 Å². The first-order valence-corrected chi connectivity index (χ1v) is 12.3. The molecular weight excluding hydrogens is 467 g/mol.